The number of aromatic nitrogens is 2. The van der Waals surface area contributed by atoms with Crippen molar-refractivity contribution in [2.75, 3.05) is 13.2 Å². The number of furan rings is 1. The molecule has 2 aromatic heterocycles. The van der Waals surface area contributed by atoms with Crippen molar-refractivity contribution in [2.24, 2.45) is 5.92 Å². The summed E-state index contributed by atoms with van der Waals surface area (Å²) in [5.41, 5.74) is 0.709. The zero-order chi connectivity index (χ0) is 22.5. The highest BCUT2D eigenvalue weighted by Crippen LogP contribution is 2.39. The third-order valence-electron chi connectivity index (χ3n) is 5.52. The lowest BCUT2D eigenvalue weighted by atomic mass is 9.88. The zero-order valence-corrected chi connectivity index (χ0v) is 17.8. The number of hydrogen-bond donors (Lipinski definition) is 0. The molecule has 1 aliphatic heterocycles. The Hall–Kier alpha value is -3.68. The SMILES string of the molecule is CCCOc1ccc(C2C(C(=O)c3ccco3)C(=O)C(=O)N2CCCn2ccnc2)cc1. The number of ether oxygens (including phenoxy) is 1. The first kappa shape index (κ1) is 21.5. The van der Waals surface area contributed by atoms with Crippen molar-refractivity contribution >= 4 is 17.5 Å². The van der Waals surface area contributed by atoms with Gasteiger partial charge in [0.05, 0.1) is 25.2 Å². The molecular formula is C24H25N3O5. The second-order valence-corrected chi connectivity index (χ2v) is 7.70. The molecule has 0 N–H and O–H groups in total. The maximum atomic E-state index is 13.1. The Morgan fingerprint density at radius 3 is 2.62 bits per heavy atom. The largest absolute Gasteiger partial charge is 0.494 e. The predicted octanol–water partition coefficient (Wildman–Crippen LogP) is 3.31. The number of likely N-dealkylation sites (tertiary alicyclic amines) is 1. The summed E-state index contributed by atoms with van der Waals surface area (Å²) in [5, 5.41) is 0. The molecule has 1 saturated heterocycles. The molecule has 4 rings (SSSR count). The van der Waals surface area contributed by atoms with E-state index in [2.05, 4.69) is 4.98 Å². The van der Waals surface area contributed by atoms with Gasteiger partial charge >= 0.3 is 0 Å². The highest BCUT2D eigenvalue weighted by molar-refractivity contribution is 6.43. The number of aryl methyl sites for hydroxylation is 1. The van der Waals surface area contributed by atoms with Gasteiger partial charge in [-0.3, -0.25) is 14.4 Å². The van der Waals surface area contributed by atoms with Crippen molar-refractivity contribution in [1.82, 2.24) is 14.5 Å². The molecule has 0 radical (unpaired) electrons. The predicted molar refractivity (Wildman–Crippen MR) is 115 cm³/mol. The molecule has 1 fully saturated rings. The number of hydrogen-bond acceptors (Lipinski definition) is 6. The first-order chi connectivity index (χ1) is 15.6. The summed E-state index contributed by atoms with van der Waals surface area (Å²) < 4.78 is 12.8. The van der Waals surface area contributed by atoms with E-state index in [-0.39, 0.29) is 5.76 Å². The van der Waals surface area contributed by atoms with Crippen molar-refractivity contribution in [1.29, 1.82) is 0 Å². The molecule has 166 valence electrons. The van der Waals surface area contributed by atoms with Gasteiger partial charge in [0, 0.05) is 25.5 Å². The van der Waals surface area contributed by atoms with Crippen molar-refractivity contribution in [3.05, 3.63) is 72.7 Å². The van der Waals surface area contributed by atoms with E-state index in [0.717, 1.165) is 6.42 Å². The Bertz CT molecular complexity index is 1060. The van der Waals surface area contributed by atoms with Crippen LogP contribution in [-0.2, 0) is 16.1 Å². The second-order valence-electron chi connectivity index (χ2n) is 7.70. The van der Waals surface area contributed by atoms with E-state index in [1.807, 2.05) is 29.8 Å². The van der Waals surface area contributed by atoms with Crippen molar-refractivity contribution in [3.8, 4) is 5.75 Å². The van der Waals surface area contributed by atoms with Crippen LogP contribution >= 0.6 is 0 Å². The van der Waals surface area contributed by atoms with Gasteiger partial charge in [-0.15, -0.1) is 0 Å². The van der Waals surface area contributed by atoms with E-state index in [9.17, 15) is 14.4 Å². The first-order valence-corrected chi connectivity index (χ1v) is 10.7. The molecule has 1 aliphatic rings. The Morgan fingerprint density at radius 2 is 1.97 bits per heavy atom. The molecule has 2 unspecified atom stereocenters. The second kappa shape index (κ2) is 9.64. The van der Waals surface area contributed by atoms with Gasteiger partial charge in [0.25, 0.3) is 5.91 Å². The standard InChI is InChI=1S/C24H25N3O5/c1-2-14-31-18-8-6-17(7-9-18)21-20(22(28)19-5-3-15-32-19)23(29)24(30)27(21)12-4-11-26-13-10-25-16-26/h3,5-10,13,15-16,20-21H,2,4,11-12,14H2,1H3. The molecule has 0 spiro atoms. The number of carbonyl (C=O) groups excluding carboxylic acids is 3. The smallest absolute Gasteiger partial charge is 0.291 e. The lowest BCUT2D eigenvalue weighted by Gasteiger charge is -2.27. The first-order valence-electron chi connectivity index (χ1n) is 10.7. The lowest BCUT2D eigenvalue weighted by Crippen LogP contribution is -2.32. The average molecular weight is 435 g/mol. The van der Waals surface area contributed by atoms with E-state index in [1.54, 1.807) is 30.7 Å². The van der Waals surface area contributed by atoms with Gasteiger partial charge < -0.3 is 18.6 Å². The molecular weight excluding hydrogens is 410 g/mol. The van der Waals surface area contributed by atoms with Crippen LogP contribution in [0.2, 0.25) is 0 Å². The monoisotopic (exact) mass is 435 g/mol. The topological polar surface area (TPSA) is 94.6 Å². The van der Waals surface area contributed by atoms with Crippen LogP contribution in [0.1, 0.15) is 41.9 Å². The van der Waals surface area contributed by atoms with E-state index in [4.69, 9.17) is 9.15 Å². The number of ketones is 2. The summed E-state index contributed by atoms with van der Waals surface area (Å²) >= 11 is 0. The van der Waals surface area contributed by atoms with Crippen LogP contribution in [0.3, 0.4) is 0 Å². The van der Waals surface area contributed by atoms with Gasteiger partial charge in [-0.2, -0.15) is 0 Å². The summed E-state index contributed by atoms with van der Waals surface area (Å²) in [6.07, 6.45) is 8.11. The van der Waals surface area contributed by atoms with E-state index >= 15 is 0 Å². The number of amides is 1. The van der Waals surface area contributed by atoms with E-state index in [0.29, 0.717) is 37.4 Å². The number of benzene rings is 1. The van der Waals surface area contributed by atoms with Crippen LogP contribution in [0.15, 0.2) is 65.8 Å². The molecule has 2 atom stereocenters. The number of rotatable bonds is 10. The fraction of sp³-hybridized carbons (Fsp3) is 0.333. The fourth-order valence-electron chi connectivity index (χ4n) is 4.00. The van der Waals surface area contributed by atoms with Crippen LogP contribution < -0.4 is 4.74 Å². The summed E-state index contributed by atoms with van der Waals surface area (Å²) in [4.78, 5) is 44.5. The number of carbonyl (C=O) groups is 3. The highest BCUT2D eigenvalue weighted by Gasteiger charge is 2.52. The maximum Gasteiger partial charge on any atom is 0.291 e. The summed E-state index contributed by atoms with van der Waals surface area (Å²) in [6, 6.07) is 9.63. The van der Waals surface area contributed by atoms with Gasteiger partial charge in [0.2, 0.25) is 11.6 Å². The van der Waals surface area contributed by atoms with Gasteiger partial charge in [0.15, 0.2) is 5.76 Å². The molecule has 32 heavy (non-hydrogen) atoms. The summed E-state index contributed by atoms with van der Waals surface area (Å²) in [6.45, 7) is 3.60. The van der Waals surface area contributed by atoms with Gasteiger partial charge in [-0.05, 0) is 42.7 Å². The van der Waals surface area contributed by atoms with Gasteiger partial charge in [0.1, 0.15) is 11.7 Å². The lowest BCUT2D eigenvalue weighted by molar-refractivity contribution is -0.140. The summed E-state index contributed by atoms with van der Waals surface area (Å²) in [5.74, 6) is -2.20. The average Bonchev–Trinajstić information content (AvgIpc) is 3.56. The Balaban J connectivity index is 1.61. The maximum absolute atomic E-state index is 13.1. The third kappa shape index (κ3) is 4.34. The molecule has 0 bridgehead atoms. The molecule has 1 aromatic carbocycles. The molecule has 3 aromatic rings. The zero-order valence-electron chi connectivity index (χ0n) is 17.8. The van der Waals surface area contributed by atoms with E-state index < -0.39 is 29.4 Å². The van der Waals surface area contributed by atoms with Crippen LogP contribution in [0.25, 0.3) is 0 Å². The third-order valence-corrected chi connectivity index (χ3v) is 5.52. The minimum absolute atomic E-state index is 0.0734. The van der Waals surface area contributed by atoms with Crippen molar-refractivity contribution in [3.63, 3.8) is 0 Å². The van der Waals surface area contributed by atoms with Gasteiger partial charge in [-0.25, -0.2) is 4.98 Å². The quantitative estimate of drug-likeness (QED) is 0.275. The normalized spacial score (nSPS) is 18.3. The molecule has 3 heterocycles. The van der Waals surface area contributed by atoms with E-state index in [1.165, 1.54) is 17.2 Å². The summed E-state index contributed by atoms with van der Waals surface area (Å²) in [7, 11) is 0. The minimum Gasteiger partial charge on any atom is -0.494 e. The fourth-order valence-corrected chi connectivity index (χ4v) is 4.00. The van der Waals surface area contributed by atoms with Crippen molar-refractivity contribution < 1.29 is 23.5 Å². The Morgan fingerprint density at radius 1 is 1.16 bits per heavy atom. The highest BCUT2D eigenvalue weighted by atomic mass is 16.5. The van der Waals surface area contributed by atoms with Gasteiger partial charge in [-0.1, -0.05) is 19.1 Å². The van der Waals surface area contributed by atoms with Crippen LogP contribution in [0, 0.1) is 5.92 Å². The molecule has 0 saturated carbocycles. The Labute approximate surface area is 185 Å². The van der Waals surface area contributed by atoms with Crippen LogP contribution in [0.5, 0.6) is 5.75 Å². The molecule has 8 heteroatoms. The Kier molecular flexibility index (Phi) is 6.49. The van der Waals surface area contributed by atoms with Crippen molar-refractivity contribution in [2.45, 2.75) is 32.4 Å². The van der Waals surface area contributed by atoms with Crippen LogP contribution in [-0.4, -0.2) is 45.1 Å². The van der Waals surface area contributed by atoms with Crippen LogP contribution in [0.4, 0.5) is 0 Å². The molecule has 8 nitrogen and oxygen atoms in total. The number of imidazole rings is 1. The number of Topliss-reactive ketones (excluding diaryl/α,β-unsaturated/α-hetero) is 2. The molecule has 1 amide bonds. The minimum atomic E-state index is -1.15. The molecule has 0 aliphatic carbocycles. The number of nitrogens with zero attached hydrogens (tertiary/aromatic N) is 3.